The Kier molecular flexibility index (Phi) is 5.40. The van der Waals surface area contributed by atoms with E-state index in [1.807, 2.05) is 18.0 Å². The summed E-state index contributed by atoms with van der Waals surface area (Å²) in [6.07, 6.45) is 2.74. The standard InChI is InChI=1S/C18H21Cl2FN5O/c1-5-10(2)14-15(11(3)6-7-22-14)25-9-26(4,24-25)18(27)12-8-13(21)17(20)23-16(12)19/h6-8,10,24H,5,9H2,1-4H3/q+1. The summed E-state index contributed by atoms with van der Waals surface area (Å²) in [5.74, 6) is -0.901. The number of hydrogen-bond donors (Lipinski definition) is 1. The van der Waals surface area contributed by atoms with Gasteiger partial charge in [-0.1, -0.05) is 42.6 Å². The maximum absolute atomic E-state index is 13.8. The number of anilines is 1. The summed E-state index contributed by atoms with van der Waals surface area (Å²) in [6, 6.07) is 2.95. The lowest BCUT2D eigenvalue weighted by atomic mass is 10.00. The van der Waals surface area contributed by atoms with Gasteiger partial charge in [-0.3, -0.25) is 4.98 Å². The third kappa shape index (κ3) is 3.52. The number of quaternary nitrogens is 1. The van der Waals surface area contributed by atoms with Crippen LogP contribution < -0.4 is 10.5 Å². The Balaban J connectivity index is 1.87. The third-order valence-electron chi connectivity index (χ3n) is 4.83. The molecule has 0 spiro atoms. The summed E-state index contributed by atoms with van der Waals surface area (Å²) in [7, 11) is 1.69. The van der Waals surface area contributed by atoms with Crippen molar-refractivity contribution in [3.63, 3.8) is 0 Å². The van der Waals surface area contributed by atoms with Crippen LogP contribution in [0.2, 0.25) is 10.3 Å². The molecule has 0 aliphatic carbocycles. The topological polar surface area (TPSA) is 58.1 Å². The van der Waals surface area contributed by atoms with E-state index in [-0.39, 0.29) is 26.4 Å². The van der Waals surface area contributed by atoms with Crippen molar-refractivity contribution in [1.29, 1.82) is 0 Å². The minimum atomic E-state index is -0.782. The molecule has 1 N–H and O–H groups in total. The number of carbonyl (C=O) groups excluding carboxylic acids is 1. The highest BCUT2D eigenvalue weighted by Gasteiger charge is 2.48. The lowest BCUT2D eigenvalue weighted by molar-refractivity contribution is -0.919. The Morgan fingerprint density at radius 2 is 2.11 bits per heavy atom. The number of hydrogen-bond acceptors (Lipinski definition) is 5. The third-order valence-corrected chi connectivity index (χ3v) is 5.39. The van der Waals surface area contributed by atoms with E-state index in [0.717, 1.165) is 29.4 Å². The van der Waals surface area contributed by atoms with Gasteiger partial charge in [-0.25, -0.2) is 19.2 Å². The van der Waals surface area contributed by atoms with E-state index in [1.165, 1.54) is 0 Å². The molecule has 27 heavy (non-hydrogen) atoms. The molecule has 9 heteroatoms. The second kappa shape index (κ2) is 7.31. The number of pyridine rings is 2. The SMILES string of the molecule is CCC(C)c1nccc(C)c1N1C[N+](C)(C(=O)c2cc(F)c(Cl)nc2Cl)N1. The summed E-state index contributed by atoms with van der Waals surface area (Å²) in [5.41, 5.74) is 6.11. The van der Waals surface area contributed by atoms with Crippen LogP contribution in [0.4, 0.5) is 10.1 Å². The highest BCUT2D eigenvalue weighted by atomic mass is 35.5. The summed E-state index contributed by atoms with van der Waals surface area (Å²) < 4.78 is 13.6. The molecule has 1 aliphatic rings. The van der Waals surface area contributed by atoms with Crippen LogP contribution in [-0.4, -0.2) is 34.2 Å². The fourth-order valence-electron chi connectivity index (χ4n) is 3.10. The van der Waals surface area contributed by atoms with E-state index >= 15 is 0 Å². The van der Waals surface area contributed by atoms with Gasteiger partial charge < -0.3 is 0 Å². The van der Waals surface area contributed by atoms with E-state index in [0.29, 0.717) is 6.67 Å². The van der Waals surface area contributed by atoms with Crippen LogP contribution >= 0.6 is 23.2 Å². The first kappa shape index (κ1) is 19.9. The average molecular weight is 413 g/mol. The van der Waals surface area contributed by atoms with Crippen molar-refractivity contribution in [3.8, 4) is 0 Å². The molecule has 3 rings (SSSR count). The predicted molar refractivity (Wildman–Crippen MR) is 103 cm³/mol. The van der Waals surface area contributed by atoms with Gasteiger partial charge in [-0.2, -0.15) is 0 Å². The highest BCUT2D eigenvalue weighted by Crippen LogP contribution is 2.34. The van der Waals surface area contributed by atoms with E-state index in [2.05, 4.69) is 29.4 Å². The van der Waals surface area contributed by atoms with E-state index in [9.17, 15) is 9.18 Å². The number of nitrogens with one attached hydrogen (secondary N) is 1. The molecule has 3 heterocycles. The molecule has 1 amide bonds. The van der Waals surface area contributed by atoms with Crippen molar-refractivity contribution in [3.05, 3.63) is 51.3 Å². The zero-order valence-corrected chi connectivity index (χ0v) is 17.1. The van der Waals surface area contributed by atoms with E-state index in [4.69, 9.17) is 23.2 Å². The molecule has 0 radical (unpaired) electrons. The molecule has 2 unspecified atom stereocenters. The fourth-order valence-corrected chi connectivity index (χ4v) is 3.51. The first-order chi connectivity index (χ1) is 12.7. The zero-order valence-electron chi connectivity index (χ0n) is 15.6. The van der Waals surface area contributed by atoms with Crippen LogP contribution in [0.15, 0.2) is 18.3 Å². The number of carbonyl (C=O) groups is 1. The number of aromatic nitrogens is 2. The van der Waals surface area contributed by atoms with Crippen molar-refractivity contribution in [1.82, 2.24) is 15.5 Å². The largest absolute Gasteiger partial charge is 0.371 e. The average Bonchev–Trinajstić information content (AvgIpc) is 2.60. The number of aryl methyl sites for hydroxylation is 1. The smallest absolute Gasteiger partial charge is 0.259 e. The van der Waals surface area contributed by atoms with Crippen molar-refractivity contribution < 1.29 is 13.8 Å². The van der Waals surface area contributed by atoms with Crippen LogP contribution in [0, 0.1) is 12.7 Å². The Morgan fingerprint density at radius 3 is 2.74 bits per heavy atom. The highest BCUT2D eigenvalue weighted by molar-refractivity contribution is 6.34. The molecule has 144 valence electrons. The van der Waals surface area contributed by atoms with Crippen molar-refractivity contribution in [2.75, 3.05) is 18.7 Å². The van der Waals surface area contributed by atoms with Crippen LogP contribution in [0.3, 0.4) is 0 Å². The lowest BCUT2D eigenvalue weighted by Gasteiger charge is -2.48. The molecular formula is C18H21Cl2FN5O+. The van der Waals surface area contributed by atoms with Crippen LogP contribution in [0.5, 0.6) is 0 Å². The Bertz CT molecular complexity index is 902. The number of hydrazine groups is 1. The monoisotopic (exact) mass is 412 g/mol. The minimum Gasteiger partial charge on any atom is -0.259 e. The summed E-state index contributed by atoms with van der Waals surface area (Å²) in [5, 5.41) is 1.40. The van der Waals surface area contributed by atoms with Gasteiger partial charge in [0.25, 0.3) is 0 Å². The summed E-state index contributed by atoms with van der Waals surface area (Å²) in [4.78, 5) is 21.1. The summed E-state index contributed by atoms with van der Waals surface area (Å²) >= 11 is 11.6. The summed E-state index contributed by atoms with van der Waals surface area (Å²) in [6.45, 7) is 6.57. The quantitative estimate of drug-likeness (QED) is 0.601. The molecule has 2 aromatic heterocycles. The number of halogens is 3. The Hall–Kier alpha value is -1.80. The normalized spacial score (nSPS) is 20.3. The van der Waals surface area contributed by atoms with Crippen molar-refractivity contribution in [2.45, 2.75) is 33.1 Å². The van der Waals surface area contributed by atoms with E-state index < -0.39 is 11.7 Å². The molecule has 1 fully saturated rings. The first-order valence-electron chi connectivity index (χ1n) is 8.60. The number of rotatable bonds is 4. The van der Waals surface area contributed by atoms with E-state index in [1.54, 1.807) is 13.2 Å². The van der Waals surface area contributed by atoms with Gasteiger partial charge in [-0.15, -0.1) is 4.59 Å². The molecule has 6 nitrogen and oxygen atoms in total. The molecule has 1 aliphatic heterocycles. The molecule has 0 saturated carbocycles. The van der Waals surface area contributed by atoms with Gasteiger partial charge in [0, 0.05) is 12.1 Å². The van der Waals surface area contributed by atoms with Gasteiger partial charge >= 0.3 is 5.91 Å². The van der Waals surface area contributed by atoms with Crippen molar-refractivity contribution in [2.24, 2.45) is 0 Å². The van der Waals surface area contributed by atoms with Gasteiger partial charge in [0.2, 0.25) is 0 Å². The zero-order chi connectivity index (χ0) is 19.9. The maximum Gasteiger partial charge on any atom is 0.371 e. The Morgan fingerprint density at radius 1 is 1.44 bits per heavy atom. The van der Waals surface area contributed by atoms with Crippen LogP contribution in [0.25, 0.3) is 0 Å². The molecule has 2 atom stereocenters. The molecule has 0 aromatic carbocycles. The predicted octanol–water partition coefficient (Wildman–Crippen LogP) is 4.23. The van der Waals surface area contributed by atoms with Gasteiger partial charge in [-0.05, 0) is 31.0 Å². The van der Waals surface area contributed by atoms with Gasteiger partial charge in [0.05, 0.1) is 18.4 Å². The molecular weight excluding hydrogens is 392 g/mol. The first-order valence-corrected chi connectivity index (χ1v) is 9.36. The second-order valence-corrected chi connectivity index (χ2v) is 7.65. The number of amides is 1. The van der Waals surface area contributed by atoms with Crippen LogP contribution in [-0.2, 0) is 0 Å². The van der Waals surface area contributed by atoms with Gasteiger partial charge in [0.15, 0.2) is 17.6 Å². The fraction of sp³-hybridized carbons (Fsp3) is 0.389. The van der Waals surface area contributed by atoms with Crippen LogP contribution in [0.1, 0.15) is 47.8 Å². The molecule has 0 bridgehead atoms. The minimum absolute atomic E-state index is 0.0155. The molecule has 1 saturated heterocycles. The van der Waals surface area contributed by atoms with Gasteiger partial charge in [0.1, 0.15) is 10.7 Å². The van der Waals surface area contributed by atoms with Crippen molar-refractivity contribution >= 4 is 34.8 Å². The second-order valence-electron chi connectivity index (χ2n) is 6.94. The maximum atomic E-state index is 13.8. The number of nitrogens with zero attached hydrogens (tertiary/aromatic N) is 4. The Labute approximate surface area is 167 Å². The molecule has 2 aromatic rings. The lowest BCUT2D eigenvalue weighted by Crippen LogP contribution is -2.79.